The molecule has 0 amide bonds. The van der Waals surface area contributed by atoms with Gasteiger partial charge in [-0.2, -0.15) is 0 Å². The summed E-state index contributed by atoms with van der Waals surface area (Å²) in [4.78, 5) is 2.33. The molecule has 106 valence electrons. The zero-order chi connectivity index (χ0) is 13.7. The van der Waals surface area contributed by atoms with Gasteiger partial charge >= 0.3 is 0 Å². The van der Waals surface area contributed by atoms with E-state index in [4.69, 9.17) is 4.74 Å². The van der Waals surface area contributed by atoms with Crippen molar-refractivity contribution in [2.75, 3.05) is 26.2 Å². The van der Waals surface area contributed by atoms with Crippen LogP contribution in [0.15, 0.2) is 18.2 Å². The van der Waals surface area contributed by atoms with Crippen molar-refractivity contribution in [3.8, 4) is 5.75 Å². The molecule has 1 saturated heterocycles. The molecule has 0 aromatic heterocycles. The van der Waals surface area contributed by atoms with E-state index in [0.717, 1.165) is 30.9 Å². The highest BCUT2D eigenvalue weighted by Crippen LogP contribution is 2.19. The summed E-state index contributed by atoms with van der Waals surface area (Å²) >= 11 is 0. The highest BCUT2D eigenvalue weighted by molar-refractivity contribution is 5.35. The Bertz CT molecular complexity index is 400. The fourth-order valence-corrected chi connectivity index (χ4v) is 2.54. The Morgan fingerprint density at radius 1 is 1.21 bits per heavy atom. The van der Waals surface area contributed by atoms with Gasteiger partial charge < -0.3 is 14.7 Å². The smallest absolute Gasteiger partial charge is 0.122 e. The number of ether oxygens (including phenoxy) is 1. The lowest BCUT2D eigenvalue weighted by molar-refractivity contribution is 0.0615. The third kappa shape index (κ3) is 4.51. The van der Waals surface area contributed by atoms with Crippen molar-refractivity contribution in [1.29, 1.82) is 0 Å². The minimum Gasteiger partial charge on any atom is -0.491 e. The Labute approximate surface area is 116 Å². The van der Waals surface area contributed by atoms with Crippen LogP contribution in [0.25, 0.3) is 0 Å². The van der Waals surface area contributed by atoms with Crippen molar-refractivity contribution >= 4 is 0 Å². The number of hydrogen-bond donors (Lipinski definition) is 1. The van der Waals surface area contributed by atoms with Crippen LogP contribution >= 0.6 is 0 Å². The first-order valence-corrected chi connectivity index (χ1v) is 7.25. The van der Waals surface area contributed by atoms with Crippen molar-refractivity contribution in [2.24, 2.45) is 0 Å². The number of likely N-dealkylation sites (tertiary alicyclic amines) is 1. The van der Waals surface area contributed by atoms with E-state index in [1.54, 1.807) is 0 Å². The molecule has 1 atom stereocenters. The molecule has 2 rings (SSSR count). The molecule has 1 aliphatic heterocycles. The van der Waals surface area contributed by atoms with Crippen LogP contribution in [-0.4, -0.2) is 42.4 Å². The Balaban J connectivity index is 1.79. The molecular weight excluding hydrogens is 238 g/mol. The summed E-state index contributed by atoms with van der Waals surface area (Å²) in [7, 11) is 0. The number of aryl methyl sites for hydroxylation is 2. The van der Waals surface area contributed by atoms with Gasteiger partial charge in [0.05, 0.1) is 0 Å². The molecule has 0 radical (unpaired) electrons. The maximum Gasteiger partial charge on any atom is 0.122 e. The van der Waals surface area contributed by atoms with E-state index in [0.29, 0.717) is 6.61 Å². The maximum absolute atomic E-state index is 10.1. The SMILES string of the molecule is Cc1ccc(C)c(OCC(O)CN2CCCCC2)c1. The molecule has 0 spiro atoms. The van der Waals surface area contributed by atoms with E-state index in [2.05, 4.69) is 24.0 Å². The zero-order valence-electron chi connectivity index (χ0n) is 12.1. The lowest BCUT2D eigenvalue weighted by Crippen LogP contribution is -2.38. The fraction of sp³-hybridized carbons (Fsp3) is 0.625. The fourth-order valence-electron chi connectivity index (χ4n) is 2.54. The number of nitrogens with zero attached hydrogens (tertiary/aromatic N) is 1. The lowest BCUT2D eigenvalue weighted by Gasteiger charge is -2.28. The summed E-state index contributed by atoms with van der Waals surface area (Å²) in [6.45, 7) is 7.41. The average Bonchev–Trinajstić information content (AvgIpc) is 2.41. The highest BCUT2D eigenvalue weighted by Gasteiger charge is 2.15. The van der Waals surface area contributed by atoms with E-state index >= 15 is 0 Å². The largest absolute Gasteiger partial charge is 0.491 e. The van der Waals surface area contributed by atoms with Crippen LogP contribution in [0.2, 0.25) is 0 Å². The first-order valence-electron chi connectivity index (χ1n) is 7.25. The second-order valence-electron chi connectivity index (χ2n) is 5.60. The van der Waals surface area contributed by atoms with Gasteiger partial charge in [-0.05, 0) is 57.0 Å². The molecule has 1 N–H and O–H groups in total. The molecule has 19 heavy (non-hydrogen) atoms. The van der Waals surface area contributed by atoms with Crippen molar-refractivity contribution in [3.63, 3.8) is 0 Å². The van der Waals surface area contributed by atoms with Crippen LogP contribution in [0.3, 0.4) is 0 Å². The van der Waals surface area contributed by atoms with Gasteiger partial charge in [-0.25, -0.2) is 0 Å². The van der Waals surface area contributed by atoms with E-state index < -0.39 is 6.10 Å². The number of benzene rings is 1. The normalized spacial score (nSPS) is 18.3. The number of rotatable bonds is 5. The lowest BCUT2D eigenvalue weighted by atomic mass is 10.1. The minimum atomic E-state index is -0.405. The molecule has 1 aliphatic rings. The van der Waals surface area contributed by atoms with Crippen LogP contribution in [0.5, 0.6) is 5.75 Å². The molecule has 3 nitrogen and oxygen atoms in total. The summed E-state index contributed by atoms with van der Waals surface area (Å²) in [6.07, 6.45) is 3.43. The van der Waals surface area contributed by atoms with Gasteiger partial charge in [0.25, 0.3) is 0 Å². The van der Waals surface area contributed by atoms with Crippen molar-refractivity contribution in [2.45, 2.75) is 39.2 Å². The number of aliphatic hydroxyl groups excluding tert-OH is 1. The van der Waals surface area contributed by atoms with Gasteiger partial charge in [-0.1, -0.05) is 18.6 Å². The molecule has 1 aromatic rings. The van der Waals surface area contributed by atoms with Gasteiger partial charge in [0.1, 0.15) is 18.5 Å². The Morgan fingerprint density at radius 3 is 2.68 bits per heavy atom. The summed E-state index contributed by atoms with van der Waals surface area (Å²) in [5.41, 5.74) is 2.31. The van der Waals surface area contributed by atoms with Gasteiger partial charge in [0.15, 0.2) is 0 Å². The molecule has 1 aromatic carbocycles. The predicted octanol–water partition coefficient (Wildman–Crippen LogP) is 2.53. The molecule has 1 heterocycles. The quantitative estimate of drug-likeness (QED) is 0.886. The molecule has 1 unspecified atom stereocenters. The van der Waals surface area contributed by atoms with Gasteiger partial charge in [0.2, 0.25) is 0 Å². The van der Waals surface area contributed by atoms with Crippen molar-refractivity contribution < 1.29 is 9.84 Å². The van der Waals surface area contributed by atoms with E-state index in [-0.39, 0.29) is 0 Å². The Hall–Kier alpha value is -1.06. The van der Waals surface area contributed by atoms with Crippen molar-refractivity contribution in [1.82, 2.24) is 4.90 Å². The maximum atomic E-state index is 10.1. The second-order valence-corrected chi connectivity index (χ2v) is 5.60. The second kappa shape index (κ2) is 6.92. The zero-order valence-corrected chi connectivity index (χ0v) is 12.1. The van der Waals surface area contributed by atoms with Crippen LogP contribution in [0.1, 0.15) is 30.4 Å². The number of aliphatic hydroxyl groups is 1. The molecule has 1 fully saturated rings. The molecule has 3 heteroatoms. The Kier molecular flexibility index (Phi) is 5.23. The van der Waals surface area contributed by atoms with Crippen LogP contribution < -0.4 is 4.74 Å². The molecule has 0 bridgehead atoms. The minimum absolute atomic E-state index is 0.376. The number of β-amino-alcohol motifs (C(OH)–C–C–N with tert-alkyl or cyclic N) is 1. The van der Waals surface area contributed by atoms with E-state index in [1.807, 2.05) is 13.0 Å². The van der Waals surface area contributed by atoms with Crippen LogP contribution in [0.4, 0.5) is 0 Å². The molecule has 0 aliphatic carbocycles. The molecule has 0 saturated carbocycles. The number of hydrogen-bond acceptors (Lipinski definition) is 3. The highest BCUT2D eigenvalue weighted by atomic mass is 16.5. The molecular formula is C16H25NO2. The third-order valence-corrected chi connectivity index (χ3v) is 3.69. The van der Waals surface area contributed by atoms with Crippen LogP contribution in [-0.2, 0) is 0 Å². The summed E-state index contributed by atoms with van der Waals surface area (Å²) < 4.78 is 5.74. The van der Waals surface area contributed by atoms with Gasteiger partial charge in [-0.3, -0.25) is 0 Å². The van der Waals surface area contributed by atoms with E-state index in [1.165, 1.54) is 24.8 Å². The van der Waals surface area contributed by atoms with Gasteiger partial charge in [0, 0.05) is 6.54 Å². The van der Waals surface area contributed by atoms with Crippen molar-refractivity contribution in [3.05, 3.63) is 29.3 Å². The van der Waals surface area contributed by atoms with Crippen LogP contribution in [0, 0.1) is 13.8 Å². The summed E-state index contributed by atoms with van der Waals surface area (Å²) in [6, 6.07) is 6.16. The Morgan fingerprint density at radius 2 is 1.95 bits per heavy atom. The first-order chi connectivity index (χ1) is 9.15. The summed E-state index contributed by atoms with van der Waals surface area (Å²) in [5, 5.41) is 10.1. The monoisotopic (exact) mass is 263 g/mol. The third-order valence-electron chi connectivity index (χ3n) is 3.69. The summed E-state index contributed by atoms with van der Waals surface area (Å²) in [5.74, 6) is 0.887. The predicted molar refractivity (Wildman–Crippen MR) is 77.7 cm³/mol. The standard InChI is InChI=1S/C16H25NO2/c1-13-6-7-14(2)16(10-13)19-12-15(18)11-17-8-4-3-5-9-17/h6-7,10,15,18H,3-5,8-9,11-12H2,1-2H3. The average molecular weight is 263 g/mol. The number of piperidine rings is 1. The topological polar surface area (TPSA) is 32.7 Å². The van der Waals surface area contributed by atoms with Gasteiger partial charge in [-0.15, -0.1) is 0 Å². The first kappa shape index (κ1) is 14.4. The van der Waals surface area contributed by atoms with E-state index in [9.17, 15) is 5.11 Å².